The van der Waals surface area contributed by atoms with E-state index in [1.54, 1.807) is 6.20 Å². The zero-order chi connectivity index (χ0) is 12.7. The van der Waals surface area contributed by atoms with Gasteiger partial charge in [-0.3, -0.25) is 4.79 Å². The van der Waals surface area contributed by atoms with Crippen LogP contribution >= 0.6 is 11.3 Å². The molecule has 0 aliphatic rings. The van der Waals surface area contributed by atoms with Gasteiger partial charge in [-0.05, 0) is 20.8 Å². The van der Waals surface area contributed by atoms with E-state index in [0.717, 1.165) is 5.01 Å². The normalized spacial score (nSPS) is 10.8. The molecule has 0 spiro atoms. The third-order valence-corrected chi connectivity index (χ3v) is 2.89. The van der Waals surface area contributed by atoms with Crippen molar-refractivity contribution in [2.75, 3.05) is 19.8 Å². The molecule has 0 radical (unpaired) electrons. The number of thiazole rings is 1. The molecule has 0 atom stereocenters. The second-order valence-electron chi connectivity index (χ2n) is 3.29. The first-order chi connectivity index (χ1) is 8.17. The van der Waals surface area contributed by atoms with E-state index in [9.17, 15) is 4.79 Å². The van der Waals surface area contributed by atoms with Crippen molar-refractivity contribution in [2.45, 2.75) is 27.1 Å². The van der Waals surface area contributed by atoms with E-state index in [0.29, 0.717) is 24.6 Å². The Morgan fingerprint density at radius 2 is 2.12 bits per heavy atom. The van der Waals surface area contributed by atoms with Gasteiger partial charge in [0.05, 0.1) is 17.7 Å². The summed E-state index contributed by atoms with van der Waals surface area (Å²) < 4.78 is 10.6. The molecule has 1 rings (SSSR count). The smallest absolute Gasteiger partial charge is 0.263 e. The van der Waals surface area contributed by atoms with Gasteiger partial charge in [-0.2, -0.15) is 0 Å². The van der Waals surface area contributed by atoms with Gasteiger partial charge in [0.25, 0.3) is 5.91 Å². The molecule has 17 heavy (non-hydrogen) atoms. The SMILES string of the molecule is CCOC(CNC(=O)c1cnc(C)s1)OCC. The zero-order valence-corrected chi connectivity index (χ0v) is 11.2. The highest BCUT2D eigenvalue weighted by Gasteiger charge is 2.12. The van der Waals surface area contributed by atoms with E-state index >= 15 is 0 Å². The van der Waals surface area contributed by atoms with Gasteiger partial charge < -0.3 is 14.8 Å². The molecule has 1 N–H and O–H groups in total. The van der Waals surface area contributed by atoms with E-state index in [1.807, 2.05) is 20.8 Å². The fraction of sp³-hybridized carbons (Fsp3) is 0.636. The average Bonchev–Trinajstić information content (AvgIpc) is 2.73. The Hall–Kier alpha value is -0.980. The van der Waals surface area contributed by atoms with E-state index < -0.39 is 0 Å². The fourth-order valence-corrected chi connectivity index (χ4v) is 1.96. The molecule has 0 aliphatic carbocycles. The first kappa shape index (κ1) is 14.1. The number of ether oxygens (including phenoxy) is 2. The molecule has 0 saturated heterocycles. The van der Waals surface area contributed by atoms with Gasteiger partial charge >= 0.3 is 0 Å². The quantitative estimate of drug-likeness (QED) is 0.754. The molecule has 1 aromatic rings. The molecule has 5 nitrogen and oxygen atoms in total. The maximum absolute atomic E-state index is 11.7. The number of hydrogen-bond acceptors (Lipinski definition) is 5. The monoisotopic (exact) mass is 258 g/mol. The summed E-state index contributed by atoms with van der Waals surface area (Å²) >= 11 is 1.37. The van der Waals surface area contributed by atoms with Gasteiger partial charge in [0.1, 0.15) is 4.88 Å². The Balaban J connectivity index is 2.40. The Morgan fingerprint density at radius 1 is 1.47 bits per heavy atom. The summed E-state index contributed by atoms with van der Waals surface area (Å²) in [6.07, 6.45) is 1.19. The van der Waals surface area contributed by atoms with Crippen molar-refractivity contribution in [1.82, 2.24) is 10.3 Å². The lowest BCUT2D eigenvalue weighted by molar-refractivity contribution is -0.131. The van der Waals surface area contributed by atoms with Crippen LogP contribution in [0, 0.1) is 6.92 Å². The fourth-order valence-electron chi connectivity index (χ4n) is 1.27. The lowest BCUT2D eigenvalue weighted by Gasteiger charge is -2.16. The van der Waals surface area contributed by atoms with Gasteiger partial charge in [-0.15, -0.1) is 11.3 Å². The summed E-state index contributed by atoms with van der Waals surface area (Å²) in [7, 11) is 0. The molecule has 1 heterocycles. The molecule has 1 aromatic heterocycles. The topological polar surface area (TPSA) is 60.5 Å². The average molecular weight is 258 g/mol. The molecule has 0 aromatic carbocycles. The van der Waals surface area contributed by atoms with Crippen molar-refractivity contribution in [1.29, 1.82) is 0 Å². The highest BCUT2D eigenvalue weighted by atomic mass is 32.1. The molecular formula is C11H18N2O3S. The number of hydrogen-bond donors (Lipinski definition) is 1. The Labute approximate surface area is 105 Å². The number of nitrogens with zero attached hydrogens (tertiary/aromatic N) is 1. The van der Waals surface area contributed by atoms with Crippen molar-refractivity contribution in [3.8, 4) is 0 Å². The van der Waals surface area contributed by atoms with Gasteiger partial charge in [0.2, 0.25) is 0 Å². The highest BCUT2D eigenvalue weighted by Crippen LogP contribution is 2.10. The van der Waals surface area contributed by atoms with Gasteiger partial charge in [0.15, 0.2) is 6.29 Å². The minimum Gasteiger partial charge on any atom is -0.351 e. The summed E-state index contributed by atoms with van der Waals surface area (Å²) in [4.78, 5) is 16.4. The van der Waals surface area contributed by atoms with Crippen LogP contribution in [0.2, 0.25) is 0 Å². The predicted molar refractivity (Wildman–Crippen MR) is 66.2 cm³/mol. The van der Waals surface area contributed by atoms with Crippen LogP contribution in [-0.4, -0.2) is 36.9 Å². The lowest BCUT2D eigenvalue weighted by atomic mass is 10.5. The standard InChI is InChI=1S/C11H18N2O3S/c1-4-15-10(16-5-2)7-13-11(14)9-6-12-8(3)17-9/h6,10H,4-5,7H2,1-3H3,(H,13,14). The van der Waals surface area contributed by atoms with Crippen molar-refractivity contribution >= 4 is 17.2 Å². The van der Waals surface area contributed by atoms with Crippen LogP contribution in [0.5, 0.6) is 0 Å². The predicted octanol–water partition coefficient (Wildman–Crippen LogP) is 1.58. The largest absolute Gasteiger partial charge is 0.351 e. The van der Waals surface area contributed by atoms with Crippen molar-refractivity contribution in [3.63, 3.8) is 0 Å². The zero-order valence-electron chi connectivity index (χ0n) is 10.4. The second kappa shape index (κ2) is 7.37. The van der Waals surface area contributed by atoms with Crippen molar-refractivity contribution < 1.29 is 14.3 Å². The number of rotatable bonds is 7. The van der Waals surface area contributed by atoms with Crippen LogP contribution in [0.15, 0.2) is 6.20 Å². The number of nitrogens with one attached hydrogen (secondary N) is 1. The van der Waals surface area contributed by atoms with Crippen molar-refractivity contribution in [2.24, 2.45) is 0 Å². The Kier molecular flexibility index (Phi) is 6.10. The lowest BCUT2D eigenvalue weighted by Crippen LogP contribution is -2.35. The number of carbonyl (C=O) groups excluding carboxylic acids is 1. The maximum Gasteiger partial charge on any atom is 0.263 e. The number of amides is 1. The minimum atomic E-state index is -0.386. The van der Waals surface area contributed by atoms with Crippen LogP contribution in [0.25, 0.3) is 0 Å². The summed E-state index contributed by atoms with van der Waals surface area (Å²) in [5.41, 5.74) is 0. The first-order valence-corrected chi connectivity index (χ1v) is 6.42. The van der Waals surface area contributed by atoms with Crippen molar-refractivity contribution in [3.05, 3.63) is 16.1 Å². The second-order valence-corrected chi connectivity index (χ2v) is 4.53. The molecule has 0 unspecified atom stereocenters. The van der Waals surface area contributed by atoms with Crippen LogP contribution in [-0.2, 0) is 9.47 Å². The highest BCUT2D eigenvalue weighted by molar-refractivity contribution is 7.13. The van der Waals surface area contributed by atoms with Gasteiger partial charge in [-0.1, -0.05) is 0 Å². The molecule has 0 saturated carbocycles. The van der Waals surface area contributed by atoms with Gasteiger partial charge in [0, 0.05) is 13.2 Å². The molecule has 96 valence electrons. The Morgan fingerprint density at radius 3 is 2.59 bits per heavy atom. The van der Waals surface area contributed by atoms with E-state index in [1.165, 1.54) is 11.3 Å². The first-order valence-electron chi connectivity index (χ1n) is 5.61. The third kappa shape index (κ3) is 4.80. The van der Waals surface area contributed by atoms with Gasteiger partial charge in [-0.25, -0.2) is 4.98 Å². The van der Waals surface area contributed by atoms with Crippen LogP contribution in [0.3, 0.4) is 0 Å². The van der Waals surface area contributed by atoms with E-state index in [2.05, 4.69) is 10.3 Å². The molecule has 1 amide bonds. The van der Waals surface area contributed by atoms with Crippen LogP contribution in [0.1, 0.15) is 28.5 Å². The van der Waals surface area contributed by atoms with Crippen LogP contribution < -0.4 is 5.32 Å². The summed E-state index contributed by atoms with van der Waals surface area (Å²) in [6.45, 7) is 7.10. The summed E-state index contributed by atoms with van der Waals surface area (Å²) in [6, 6.07) is 0. The summed E-state index contributed by atoms with van der Waals surface area (Å²) in [5.74, 6) is -0.139. The number of aromatic nitrogens is 1. The summed E-state index contributed by atoms with van der Waals surface area (Å²) in [5, 5.41) is 3.64. The molecule has 0 bridgehead atoms. The molecule has 6 heteroatoms. The molecule has 0 aliphatic heterocycles. The Bertz CT molecular complexity index is 348. The minimum absolute atomic E-state index is 0.139. The molecular weight excluding hydrogens is 240 g/mol. The van der Waals surface area contributed by atoms with Crippen LogP contribution in [0.4, 0.5) is 0 Å². The molecule has 0 fully saturated rings. The third-order valence-electron chi connectivity index (χ3n) is 1.98. The maximum atomic E-state index is 11.7. The van der Waals surface area contributed by atoms with E-state index in [4.69, 9.17) is 9.47 Å². The van der Waals surface area contributed by atoms with E-state index in [-0.39, 0.29) is 12.2 Å². The number of aryl methyl sites for hydroxylation is 1. The number of carbonyl (C=O) groups is 1.